The van der Waals surface area contributed by atoms with Crippen molar-refractivity contribution in [2.75, 3.05) is 19.8 Å². The van der Waals surface area contributed by atoms with Gasteiger partial charge in [-0.25, -0.2) is 4.39 Å². The lowest BCUT2D eigenvalue weighted by Gasteiger charge is -2.32. The highest BCUT2D eigenvalue weighted by molar-refractivity contribution is 6.21. The number of hydrogen-bond acceptors (Lipinski definition) is 3. The van der Waals surface area contributed by atoms with E-state index < -0.39 is 17.5 Å². The molecule has 0 N–H and O–H groups in total. The Balaban J connectivity index is 1.84. The fourth-order valence-corrected chi connectivity index (χ4v) is 2.56. The van der Waals surface area contributed by atoms with E-state index in [1.165, 1.54) is 0 Å². The first-order valence-electron chi connectivity index (χ1n) is 6.33. The van der Waals surface area contributed by atoms with Gasteiger partial charge >= 0.3 is 0 Å². The maximum atomic E-state index is 14.6. The summed E-state index contributed by atoms with van der Waals surface area (Å²) in [5, 5.41) is 0. The molecule has 1 aromatic rings. The fourth-order valence-electron chi connectivity index (χ4n) is 2.56. The van der Waals surface area contributed by atoms with Crippen LogP contribution in [0.25, 0.3) is 0 Å². The third kappa shape index (κ3) is 2.04. The van der Waals surface area contributed by atoms with Gasteiger partial charge in [-0.1, -0.05) is 12.1 Å². The summed E-state index contributed by atoms with van der Waals surface area (Å²) in [4.78, 5) is 25.3. The van der Waals surface area contributed by atoms with E-state index in [0.29, 0.717) is 24.3 Å². The van der Waals surface area contributed by atoms with Crippen molar-refractivity contribution in [2.45, 2.75) is 18.5 Å². The number of halogens is 1. The number of benzene rings is 1. The second kappa shape index (κ2) is 4.42. The van der Waals surface area contributed by atoms with Gasteiger partial charge in [0.25, 0.3) is 11.8 Å². The molecule has 2 amide bonds. The summed E-state index contributed by atoms with van der Waals surface area (Å²) < 4.78 is 19.7. The largest absolute Gasteiger partial charge is 0.381 e. The molecule has 3 rings (SSSR count). The SMILES string of the molecule is O=C1c2ccccc2C(=O)N1CC1(F)CCOCC1. The van der Waals surface area contributed by atoms with Crippen LogP contribution >= 0.6 is 0 Å². The van der Waals surface area contributed by atoms with Crippen molar-refractivity contribution >= 4 is 11.8 Å². The van der Waals surface area contributed by atoms with Crippen LogP contribution in [0.5, 0.6) is 0 Å². The molecule has 0 aliphatic carbocycles. The van der Waals surface area contributed by atoms with Gasteiger partial charge in [0.1, 0.15) is 5.67 Å². The Morgan fingerprint density at radius 3 is 2.16 bits per heavy atom. The summed E-state index contributed by atoms with van der Waals surface area (Å²) in [7, 11) is 0. The smallest absolute Gasteiger partial charge is 0.261 e. The van der Waals surface area contributed by atoms with Crippen LogP contribution in [0.15, 0.2) is 24.3 Å². The Bertz CT molecular complexity index is 502. The van der Waals surface area contributed by atoms with Crippen LogP contribution in [-0.2, 0) is 4.74 Å². The summed E-state index contributed by atoms with van der Waals surface area (Å²) in [5.74, 6) is -0.798. The van der Waals surface area contributed by atoms with Crippen LogP contribution < -0.4 is 0 Å². The number of amides is 2. The van der Waals surface area contributed by atoms with Gasteiger partial charge < -0.3 is 4.74 Å². The molecule has 0 radical (unpaired) electrons. The van der Waals surface area contributed by atoms with E-state index in [-0.39, 0.29) is 19.4 Å². The van der Waals surface area contributed by atoms with Crippen molar-refractivity contribution in [1.29, 1.82) is 0 Å². The summed E-state index contributed by atoms with van der Waals surface area (Å²) >= 11 is 0. The minimum absolute atomic E-state index is 0.178. The second-order valence-electron chi connectivity index (χ2n) is 5.01. The van der Waals surface area contributed by atoms with Crippen molar-refractivity contribution in [2.24, 2.45) is 0 Å². The fraction of sp³-hybridized carbons (Fsp3) is 0.429. The van der Waals surface area contributed by atoms with Crippen LogP contribution in [0, 0.1) is 0 Å². The Morgan fingerprint density at radius 1 is 1.11 bits per heavy atom. The summed E-state index contributed by atoms with van der Waals surface area (Å²) in [5.41, 5.74) is -0.794. The van der Waals surface area contributed by atoms with Gasteiger partial charge in [-0.15, -0.1) is 0 Å². The van der Waals surface area contributed by atoms with Crippen LogP contribution in [0.4, 0.5) is 4.39 Å². The molecule has 5 heteroatoms. The van der Waals surface area contributed by atoms with Gasteiger partial charge in [-0.05, 0) is 12.1 Å². The Morgan fingerprint density at radius 2 is 1.63 bits per heavy atom. The lowest BCUT2D eigenvalue weighted by Crippen LogP contribution is -2.45. The van der Waals surface area contributed by atoms with Gasteiger partial charge in [0.05, 0.1) is 17.7 Å². The number of alkyl halides is 1. The molecule has 19 heavy (non-hydrogen) atoms. The van der Waals surface area contributed by atoms with Crippen molar-refractivity contribution < 1.29 is 18.7 Å². The lowest BCUT2D eigenvalue weighted by molar-refractivity contribution is -0.0213. The van der Waals surface area contributed by atoms with Crippen molar-refractivity contribution in [1.82, 2.24) is 4.90 Å². The topological polar surface area (TPSA) is 46.6 Å². The molecule has 2 heterocycles. The van der Waals surface area contributed by atoms with Crippen LogP contribution in [-0.4, -0.2) is 42.1 Å². The van der Waals surface area contributed by atoms with E-state index in [4.69, 9.17) is 4.74 Å². The minimum atomic E-state index is -1.52. The molecule has 0 atom stereocenters. The Labute approximate surface area is 110 Å². The molecule has 4 nitrogen and oxygen atoms in total. The molecule has 0 aromatic heterocycles. The average Bonchev–Trinajstić information content (AvgIpc) is 2.65. The first kappa shape index (κ1) is 12.3. The molecular formula is C14H14FNO3. The van der Waals surface area contributed by atoms with Gasteiger partial charge in [-0.2, -0.15) is 0 Å². The standard InChI is InChI=1S/C14H14FNO3/c15-14(5-7-19-8-6-14)9-16-12(17)10-3-1-2-4-11(10)13(16)18/h1-4H,5-9H2. The molecule has 1 aromatic carbocycles. The molecule has 0 spiro atoms. The Hall–Kier alpha value is -1.75. The van der Waals surface area contributed by atoms with Crippen LogP contribution in [0.3, 0.4) is 0 Å². The number of carbonyl (C=O) groups is 2. The number of carbonyl (C=O) groups excluding carboxylic acids is 2. The third-order valence-corrected chi connectivity index (χ3v) is 3.71. The van der Waals surface area contributed by atoms with Gasteiger partial charge in [-0.3, -0.25) is 14.5 Å². The second-order valence-corrected chi connectivity index (χ2v) is 5.01. The summed E-state index contributed by atoms with van der Waals surface area (Å²) in [6.07, 6.45) is 0.445. The molecule has 0 bridgehead atoms. The molecular weight excluding hydrogens is 249 g/mol. The van der Waals surface area contributed by atoms with Gasteiger partial charge in [0.15, 0.2) is 0 Å². The quantitative estimate of drug-likeness (QED) is 0.764. The molecule has 0 saturated carbocycles. The zero-order valence-electron chi connectivity index (χ0n) is 10.4. The van der Waals surface area contributed by atoms with Crippen molar-refractivity contribution in [3.05, 3.63) is 35.4 Å². The highest BCUT2D eigenvalue weighted by atomic mass is 19.1. The number of nitrogens with zero attached hydrogens (tertiary/aromatic N) is 1. The molecule has 1 fully saturated rings. The number of fused-ring (bicyclic) bond motifs is 1. The molecule has 2 aliphatic heterocycles. The summed E-state index contributed by atoms with van der Waals surface area (Å²) in [6, 6.07) is 6.61. The van der Waals surface area contributed by atoms with E-state index in [0.717, 1.165) is 4.90 Å². The monoisotopic (exact) mass is 263 g/mol. The average molecular weight is 263 g/mol. The molecule has 2 aliphatic rings. The zero-order chi connectivity index (χ0) is 13.5. The number of imide groups is 1. The van der Waals surface area contributed by atoms with E-state index in [1.807, 2.05) is 0 Å². The van der Waals surface area contributed by atoms with E-state index >= 15 is 0 Å². The lowest BCUT2D eigenvalue weighted by atomic mass is 9.96. The highest BCUT2D eigenvalue weighted by Gasteiger charge is 2.42. The number of hydrogen-bond donors (Lipinski definition) is 0. The van der Waals surface area contributed by atoms with E-state index in [2.05, 4.69) is 0 Å². The predicted octanol–water partition coefficient (Wildman–Crippen LogP) is 1.80. The minimum Gasteiger partial charge on any atom is -0.381 e. The number of ether oxygens (including phenoxy) is 1. The van der Waals surface area contributed by atoms with Crippen molar-refractivity contribution in [3.8, 4) is 0 Å². The third-order valence-electron chi connectivity index (χ3n) is 3.71. The maximum Gasteiger partial charge on any atom is 0.261 e. The molecule has 0 unspecified atom stereocenters. The van der Waals surface area contributed by atoms with Crippen LogP contribution in [0.2, 0.25) is 0 Å². The first-order valence-corrected chi connectivity index (χ1v) is 6.33. The van der Waals surface area contributed by atoms with E-state index in [9.17, 15) is 14.0 Å². The van der Waals surface area contributed by atoms with Gasteiger partial charge in [0, 0.05) is 26.1 Å². The maximum absolute atomic E-state index is 14.6. The van der Waals surface area contributed by atoms with Gasteiger partial charge in [0.2, 0.25) is 0 Å². The summed E-state index contributed by atoms with van der Waals surface area (Å²) in [6.45, 7) is 0.488. The molecule has 1 saturated heterocycles. The van der Waals surface area contributed by atoms with E-state index in [1.54, 1.807) is 24.3 Å². The Kier molecular flexibility index (Phi) is 2.86. The first-order chi connectivity index (χ1) is 9.11. The number of rotatable bonds is 2. The predicted molar refractivity (Wildman–Crippen MR) is 65.7 cm³/mol. The zero-order valence-corrected chi connectivity index (χ0v) is 10.4. The normalized spacial score (nSPS) is 21.6. The molecule has 100 valence electrons. The van der Waals surface area contributed by atoms with Crippen LogP contribution in [0.1, 0.15) is 33.6 Å². The van der Waals surface area contributed by atoms with Crippen molar-refractivity contribution in [3.63, 3.8) is 0 Å². The highest BCUT2D eigenvalue weighted by Crippen LogP contribution is 2.30.